The van der Waals surface area contributed by atoms with Gasteiger partial charge in [-0.3, -0.25) is 0 Å². The van der Waals surface area contributed by atoms with Crippen molar-refractivity contribution in [3.05, 3.63) is 54.1 Å². The average molecular weight is 278 g/mol. The summed E-state index contributed by atoms with van der Waals surface area (Å²) >= 11 is 0. The Bertz CT molecular complexity index is 763. The molecule has 0 bridgehead atoms. The molecule has 0 amide bonds. The summed E-state index contributed by atoms with van der Waals surface area (Å²) in [5.41, 5.74) is 4.65. The molecule has 0 radical (unpaired) electrons. The van der Waals surface area contributed by atoms with E-state index in [1.807, 2.05) is 13.1 Å². The first-order valence-corrected chi connectivity index (χ1v) is 7.42. The summed E-state index contributed by atoms with van der Waals surface area (Å²) in [4.78, 5) is 14.7. The van der Waals surface area contributed by atoms with Crippen LogP contribution in [-0.4, -0.2) is 28.0 Å². The Morgan fingerprint density at radius 1 is 1.24 bits per heavy atom. The lowest BCUT2D eigenvalue weighted by Crippen LogP contribution is -2.18. The van der Waals surface area contributed by atoms with Gasteiger partial charge in [-0.15, -0.1) is 0 Å². The fourth-order valence-corrected chi connectivity index (χ4v) is 3.14. The normalized spacial score (nSPS) is 18.5. The monoisotopic (exact) mass is 278 g/mol. The fraction of sp³-hybridized carbons (Fsp3) is 0.294. The zero-order valence-electron chi connectivity index (χ0n) is 12.1. The van der Waals surface area contributed by atoms with Crippen molar-refractivity contribution >= 4 is 16.7 Å². The second-order valence-corrected chi connectivity index (χ2v) is 5.71. The predicted octanol–water partition coefficient (Wildman–Crippen LogP) is 3.26. The molecule has 3 aromatic rings. The highest BCUT2D eigenvalue weighted by Crippen LogP contribution is 2.31. The van der Waals surface area contributed by atoms with E-state index < -0.39 is 0 Å². The van der Waals surface area contributed by atoms with Crippen LogP contribution in [0.5, 0.6) is 0 Å². The lowest BCUT2D eigenvalue weighted by Gasteiger charge is -2.18. The molecule has 0 aliphatic carbocycles. The summed E-state index contributed by atoms with van der Waals surface area (Å²) in [5, 5.41) is 0. The molecule has 4 heteroatoms. The molecule has 1 aliphatic rings. The molecule has 1 aliphatic heterocycles. The maximum atomic E-state index is 4.49. The number of nitrogens with zero attached hydrogens (tertiary/aromatic N) is 3. The molecule has 1 aromatic carbocycles. The van der Waals surface area contributed by atoms with Gasteiger partial charge < -0.3 is 9.88 Å². The van der Waals surface area contributed by atoms with E-state index in [-0.39, 0.29) is 0 Å². The van der Waals surface area contributed by atoms with Crippen LogP contribution >= 0.6 is 0 Å². The van der Waals surface area contributed by atoms with Crippen LogP contribution in [0.4, 0.5) is 5.69 Å². The van der Waals surface area contributed by atoms with Gasteiger partial charge in [-0.05, 0) is 31.5 Å². The summed E-state index contributed by atoms with van der Waals surface area (Å²) in [7, 11) is 0. The van der Waals surface area contributed by atoms with Crippen molar-refractivity contribution in [3.63, 3.8) is 0 Å². The van der Waals surface area contributed by atoms with E-state index in [1.54, 1.807) is 0 Å². The van der Waals surface area contributed by atoms with E-state index in [2.05, 4.69) is 56.3 Å². The molecule has 0 saturated carbocycles. The molecule has 2 aromatic heterocycles. The van der Waals surface area contributed by atoms with Crippen molar-refractivity contribution in [3.8, 4) is 0 Å². The van der Waals surface area contributed by atoms with Crippen LogP contribution < -0.4 is 4.90 Å². The van der Waals surface area contributed by atoms with E-state index in [1.165, 1.54) is 17.8 Å². The number of anilines is 1. The number of hydrogen-bond donors (Lipinski definition) is 1. The Balaban J connectivity index is 1.59. The lowest BCUT2D eigenvalue weighted by molar-refractivity contribution is 0.753. The molecule has 1 atom stereocenters. The van der Waals surface area contributed by atoms with Crippen molar-refractivity contribution in [2.24, 2.45) is 0 Å². The van der Waals surface area contributed by atoms with Gasteiger partial charge in [0.25, 0.3) is 0 Å². The van der Waals surface area contributed by atoms with Crippen LogP contribution in [0.25, 0.3) is 11.0 Å². The van der Waals surface area contributed by atoms with Crippen LogP contribution in [0.2, 0.25) is 0 Å². The van der Waals surface area contributed by atoms with Gasteiger partial charge in [0, 0.05) is 30.4 Å². The third kappa shape index (κ3) is 2.27. The number of rotatable bonds is 2. The molecule has 106 valence electrons. The number of para-hydroxylation sites is 1. The summed E-state index contributed by atoms with van der Waals surface area (Å²) in [6.07, 6.45) is 3.05. The number of aromatic nitrogens is 3. The highest BCUT2D eigenvalue weighted by molar-refractivity contribution is 5.75. The van der Waals surface area contributed by atoms with Crippen LogP contribution in [0.15, 0.2) is 42.6 Å². The van der Waals surface area contributed by atoms with Crippen molar-refractivity contribution in [2.45, 2.75) is 19.3 Å². The molecule has 4 rings (SSSR count). The van der Waals surface area contributed by atoms with E-state index in [0.717, 1.165) is 29.9 Å². The van der Waals surface area contributed by atoms with Gasteiger partial charge in [-0.1, -0.05) is 18.2 Å². The highest BCUT2D eigenvalue weighted by Gasteiger charge is 2.25. The maximum absolute atomic E-state index is 4.49. The smallest absolute Gasteiger partial charge is 0.126 e. The quantitative estimate of drug-likeness (QED) is 0.782. The number of H-pyrrole nitrogens is 1. The van der Waals surface area contributed by atoms with Crippen molar-refractivity contribution in [1.82, 2.24) is 15.0 Å². The molecule has 1 unspecified atom stereocenters. The van der Waals surface area contributed by atoms with Gasteiger partial charge >= 0.3 is 0 Å². The largest absolute Gasteiger partial charge is 0.371 e. The van der Waals surface area contributed by atoms with Gasteiger partial charge in [0.2, 0.25) is 0 Å². The zero-order chi connectivity index (χ0) is 14.2. The third-order valence-electron chi connectivity index (χ3n) is 4.26. The number of aryl methyl sites for hydroxylation is 1. The average Bonchev–Trinajstić information content (AvgIpc) is 3.14. The SMILES string of the molecule is Cc1ncc2[nH]c(C3CCN(c4ccccc4)C3)cc2n1. The van der Waals surface area contributed by atoms with E-state index in [4.69, 9.17) is 0 Å². The summed E-state index contributed by atoms with van der Waals surface area (Å²) in [6.45, 7) is 4.09. The van der Waals surface area contributed by atoms with Crippen LogP contribution in [0.3, 0.4) is 0 Å². The summed E-state index contributed by atoms with van der Waals surface area (Å²) in [5.74, 6) is 1.37. The molecular weight excluding hydrogens is 260 g/mol. The first kappa shape index (κ1) is 12.4. The Kier molecular flexibility index (Phi) is 2.88. The van der Waals surface area contributed by atoms with E-state index >= 15 is 0 Å². The molecule has 0 spiro atoms. The Labute approximate surface area is 123 Å². The van der Waals surface area contributed by atoms with Crippen LogP contribution in [0.1, 0.15) is 23.9 Å². The van der Waals surface area contributed by atoms with Crippen LogP contribution in [-0.2, 0) is 0 Å². The molecule has 1 fully saturated rings. The second kappa shape index (κ2) is 4.88. The van der Waals surface area contributed by atoms with E-state index in [9.17, 15) is 0 Å². The number of nitrogens with one attached hydrogen (secondary N) is 1. The molecule has 1 N–H and O–H groups in total. The number of fused-ring (bicyclic) bond motifs is 1. The number of benzene rings is 1. The lowest BCUT2D eigenvalue weighted by atomic mass is 10.1. The van der Waals surface area contributed by atoms with Gasteiger partial charge in [0.15, 0.2) is 0 Å². The number of hydrogen-bond acceptors (Lipinski definition) is 3. The minimum atomic E-state index is 0.541. The predicted molar refractivity (Wildman–Crippen MR) is 84.6 cm³/mol. The first-order valence-electron chi connectivity index (χ1n) is 7.42. The van der Waals surface area contributed by atoms with Gasteiger partial charge in [0.1, 0.15) is 5.82 Å². The fourth-order valence-electron chi connectivity index (χ4n) is 3.14. The minimum Gasteiger partial charge on any atom is -0.371 e. The molecule has 3 heterocycles. The summed E-state index contributed by atoms with van der Waals surface area (Å²) in [6, 6.07) is 12.8. The molecule has 1 saturated heterocycles. The Morgan fingerprint density at radius 3 is 2.95 bits per heavy atom. The van der Waals surface area contributed by atoms with Crippen molar-refractivity contribution in [1.29, 1.82) is 0 Å². The van der Waals surface area contributed by atoms with Gasteiger partial charge in [0.05, 0.1) is 17.2 Å². The van der Waals surface area contributed by atoms with Gasteiger partial charge in [-0.25, -0.2) is 9.97 Å². The topological polar surface area (TPSA) is 44.8 Å². The van der Waals surface area contributed by atoms with Crippen molar-refractivity contribution in [2.75, 3.05) is 18.0 Å². The third-order valence-corrected chi connectivity index (χ3v) is 4.26. The molecular formula is C17H18N4. The highest BCUT2D eigenvalue weighted by atomic mass is 15.2. The van der Waals surface area contributed by atoms with Crippen LogP contribution in [0, 0.1) is 6.92 Å². The minimum absolute atomic E-state index is 0.541. The van der Waals surface area contributed by atoms with Gasteiger partial charge in [-0.2, -0.15) is 0 Å². The molecule has 21 heavy (non-hydrogen) atoms. The first-order chi connectivity index (χ1) is 10.3. The Morgan fingerprint density at radius 2 is 2.10 bits per heavy atom. The molecule has 4 nitrogen and oxygen atoms in total. The van der Waals surface area contributed by atoms with E-state index in [0.29, 0.717) is 5.92 Å². The maximum Gasteiger partial charge on any atom is 0.126 e. The zero-order valence-corrected chi connectivity index (χ0v) is 12.1. The second-order valence-electron chi connectivity index (χ2n) is 5.71. The number of aromatic amines is 1. The summed E-state index contributed by atoms with van der Waals surface area (Å²) < 4.78 is 0. The standard InChI is InChI=1S/C17H18N4/c1-12-18-10-17-16(19-12)9-15(20-17)13-7-8-21(11-13)14-5-3-2-4-6-14/h2-6,9-10,13,20H,7-8,11H2,1H3. The Hall–Kier alpha value is -2.36. The van der Waals surface area contributed by atoms with Crippen molar-refractivity contribution < 1.29 is 0 Å².